The van der Waals surface area contributed by atoms with Gasteiger partial charge in [0.05, 0.1) is 21.4 Å². The number of thiazole rings is 1. The molecule has 0 N–H and O–H groups in total. The Morgan fingerprint density at radius 1 is 1.24 bits per heavy atom. The highest BCUT2D eigenvalue weighted by Gasteiger charge is 2.24. The number of hydrogen-bond donors (Lipinski definition) is 0. The van der Waals surface area contributed by atoms with Gasteiger partial charge in [0, 0.05) is 26.2 Å². The molecule has 1 amide bonds. The second-order valence-electron chi connectivity index (χ2n) is 5.53. The Bertz CT molecular complexity index is 806. The molecule has 0 atom stereocenters. The molecular formula is C15H14Cl2N4O3S. The molecule has 1 aliphatic heterocycles. The van der Waals surface area contributed by atoms with Crippen molar-refractivity contribution in [2.45, 2.75) is 6.42 Å². The van der Waals surface area contributed by atoms with Crippen molar-refractivity contribution in [3.05, 3.63) is 50.1 Å². The summed E-state index contributed by atoms with van der Waals surface area (Å²) in [4.78, 5) is 30.6. The van der Waals surface area contributed by atoms with Crippen molar-refractivity contribution in [3.8, 4) is 0 Å². The second kappa shape index (κ2) is 7.55. The summed E-state index contributed by atoms with van der Waals surface area (Å²) in [5, 5.41) is 12.3. The number of anilines is 1. The van der Waals surface area contributed by atoms with Crippen LogP contribution in [-0.4, -0.2) is 46.9 Å². The molecule has 0 radical (unpaired) electrons. The Labute approximate surface area is 157 Å². The molecule has 2 heterocycles. The molecule has 10 heteroatoms. The van der Waals surface area contributed by atoms with E-state index in [-0.39, 0.29) is 17.3 Å². The SMILES string of the molecule is O=C(Cc1ccc(Cl)c(Cl)c1)N1CCN(c2ncc([N+](=O)[O-])s2)CC1. The Morgan fingerprint density at radius 2 is 1.96 bits per heavy atom. The van der Waals surface area contributed by atoms with Gasteiger partial charge < -0.3 is 9.80 Å². The van der Waals surface area contributed by atoms with Gasteiger partial charge in [-0.05, 0) is 29.0 Å². The summed E-state index contributed by atoms with van der Waals surface area (Å²) in [5.74, 6) is 0.0168. The molecule has 0 bridgehead atoms. The Balaban J connectivity index is 1.56. The van der Waals surface area contributed by atoms with Gasteiger partial charge in [0.25, 0.3) is 0 Å². The molecule has 0 unspecified atom stereocenters. The zero-order valence-electron chi connectivity index (χ0n) is 13.0. The van der Waals surface area contributed by atoms with Crippen molar-refractivity contribution in [1.82, 2.24) is 9.88 Å². The molecule has 7 nitrogen and oxygen atoms in total. The molecule has 1 aliphatic rings. The van der Waals surface area contributed by atoms with Crippen LogP contribution in [0, 0.1) is 10.1 Å². The largest absolute Gasteiger partial charge is 0.345 e. The van der Waals surface area contributed by atoms with Crippen LogP contribution in [0.5, 0.6) is 0 Å². The van der Waals surface area contributed by atoms with Gasteiger partial charge in [0.15, 0.2) is 5.13 Å². The number of rotatable bonds is 4. The number of amides is 1. The molecule has 25 heavy (non-hydrogen) atoms. The first-order valence-corrected chi connectivity index (χ1v) is 9.08. The smallest absolute Gasteiger partial charge is 0.344 e. The highest BCUT2D eigenvalue weighted by molar-refractivity contribution is 7.18. The van der Waals surface area contributed by atoms with Gasteiger partial charge in [-0.15, -0.1) is 0 Å². The summed E-state index contributed by atoms with van der Waals surface area (Å²) < 4.78 is 0. The number of piperazine rings is 1. The summed E-state index contributed by atoms with van der Waals surface area (Å²) in [6.45, 7) is 2.29. The lowest BCUT2D eigenvalue weighted by Crippen LogP contribution is -2.49. The number of nitrogens with zero attached hydrogens (tertiary/aromatic N) is 4. The average Bonchev–Trinajstić information content (AvgIpc) is 3.09. The number of benzene rings is 1. The summed E-state index contributed by atoms with van der Waals surface area (Å²) >= 11 is 12.9. The predicted octanol–water partition coefficient (Wildman–Crippen LogP) is 3.25. The molecule has 0 aliphatic carbocycles. The minimum atomic E-state index is -0.446. The van der Waals surface area contributed by atoms with Crippen molar-refractivity contribution >= 4 is 50.6 Å². The highest BCUT2D eigenvalue weighted by atomic mass is 35.5. The van der Waals surface area contributed by atoms with E-state index >= 15 is 0 Å². The van der Waals surface area contributed by atoms with Crippen molar-refractivity contribution < 1.29 is 9.72 Å². The monoisotopic (exact) mass is 400 g/mol. The number of nitro groups is 1. The minimum absolute atomic E-state index is 0.0168. The van der Waals surface area contributed by atoms with Crippen molar-refractivity contribution in [2.24, 2.45) is 0 Å². The van der Waals surface area contributed by atoms with Crippen LogP contribution in [0.3, 0.4) is 0 Å². The number of hydrogen-bond acceptors (Lipinski definition) is 6. The predicted molar refractivity (Wildman–Crippen MR) is 97.7 cm³/mol. The normalized spacial score (nSPS) is 14.6. The Morgan fingerprint density at radius 3 is 2.56 bits per heavy atom. The van der Waals surface area contributed by atoms with Gasteiger partial charge in [-0.3, -0.25) is 14.9 Å². The zero-order chi connectivity index (χ0) is 18.0. The van der Waals surface area contributed by atoms with Crippen LogP contribution >= 0.6 is 34.5 Å². The summed E-state index contributed by atoms with van der Waals surface area (Å²) in [6, 6.07) is 5.17. The maximum absolute atomic E-state index is 12.4. The van der Waals surface area contributed by atoms with E-state index in [1.807, 2.05) is 4.90 Å². The van der Waals surface area contributed by atoms with Crippen LogP contribution in [-0.2, 0) is 11.2 Å². The van der Waals surface area contributed by atoms with Gasteiger partial charge in [-0.2, -0.15) is 0 Å². The third-order valence-corrected chi connectivity index (χ3v) is 5.65. The van der Waals surface area contributed by atoms with Gasteiger partial charge in [0.2, 0.25) is 5.91 Å². The van der Waals surface area contributed by atoms with Crippen LogP contribution in [0.25, 0.3) is 0 Å². The highest BCUT2D eigenvalue weighted by Crippen LogP contribution is 2.29. The zero-order valence-corrected chi connectivity index (χ0v) is 15.4. The lowest BCUT2D eigenvalue weighted by Gasteiger charge is -2.34. The molecule has 3 rings (SSSR count). The summed E-state index contributed by atoms with van der Waals surface area (Å²) in [6.07, 6.45) is 1.53. The minimum Gasteiger partial charge on any atom is -0.344 e. The molecule has 1 aromatic carbocycles. The van der Waals surface area contributed by atoms with Crippen molar-refractivity contribution in [1.29, 1.82) is 0 Å². The summed E-state index contributed by atoms with van der Waals surface area (Å²) in [7, 11) is 0. The molecular weight excluding hydrogens is 387 g/mol. The van der Waals surface area contributed by atoms with Crippen LogP contribution in [0.15, 0.2) is 24.4 Å². The number of carbonyl (C=O) groups excluding carboxylic acids is 1. The van der Waals surface area contributed by atoms with Crippen LogP contribution in [0.2, 0.25) is 10.0 Å². The number of aromatic nitrogens is 1. The Kier molecular flexibility index (Phi) is 5.41. The number of halogens is 2. The number of carbonyl (C=O) groups is 1. The maximum Gasteiger partial charge on any atom is 0.345 e. The fraction of sp³-hybridized carbons (Fsp3) is 0.333. The van der Waals surface area contributed by atoms with Crippen LogP contribution in [0.1, 0.15) is 5.56 Å². The topological polar surface area (TPSA) is 79.6 Å². The molecule has 0 saturated carbocycles. The second-order valence-corrected chi connectivity index (χ2v) is 7.33. The molecule has 1 saturated heterocycles. The standard InChI is InChI=1S/C15H14Cl2N4O3S/c16-11-2-1-10(7-12(11)17)8-13(22)19-3-5-20(6-4-19)15-18-9-14(25-15)21(23)24/h1-2,7,9H,3-6,8H2. The van der Waals surface area contributed by atoms with E-state index < -0.39 is 4.92 Å². The van der Waals surface area contributed by atoms with Gasteiger partial charge in [-0.25, -0.2) is 4.98 Å². The average molecular weight is 401 g/mol. The van der Waals surface area contributed by atoms with Gasteiger partial charge in [-0.1, -0.05) is 29.3 Å². The first kappa shape index (κ1) is 17.9. The first-order valence-electron chi connectivity index (χ1n) is 7.51. The molecule has 2 aromatic rings. The maximum atomic E-state index is 12.4. The van der Waals surface area contributed by atoms with Crippen LogP contribution in [0.4, 0.5) is 10.1 Å². The van der Waals surface area contributed by atoms with Gasteiger partial charge in [0.1, 0.15) is 6.20 Å². The van der Waals surface area contributed by atoms with Crippen molar-refractivity contribution in [2.75, 3.05) is 31.1 Å². The fourth-order valence-electron chi connectivity index (χ4n) is 2.57. The van der Waals surface area contributed by atoms with E-state index in [9.17, 15) is 14.9 Å². The van der Waals surface area contributed by atoms with E-state index in [0.29, 0.717) is 41.4 Å². The third-order valence-electron chi connectivity index (χ3n) is 3.90. The summed E-state index contributed by atoms with van der Waals surface area (Å²) in [5.41, 5.74) is 0.817. The van der Waals surface area contributed by atoms with Crippen LogP contribution < -0.4 is 4.90 Å². The first-order chi connectivity index (χ1) is 11.9. The van der Waals surface area contributed by atoms with E-state index in [1.54, 1.807) is 23.1 Å². The fourth-order valence-corrected chi connectivity index (χ4v) is 3.68. The molecule has 1 fully saturated rings. The van der Waals surface area contributed by atoms with Crippen molar-refractivity contribution in [3.63, 3.8) is 0 Å². The quantitative estimate of drug-likeness (QED) is 0.581. The molecule has 0 spiro atoms. The van der Waals surface area contributed by atoms with E-state index in [1.165, 1.54) is 6.20 Å². The lowest BCUT2D eigenvalue weighted by molar-refractivity contribution is -0.380. The third kappa shape index (κ3) is 4.20. The van der Waals surface area contributed by atoms with E-state index in [4.69, 9.17) is 23.2 Å². The lowest BCUT2D eigenvalue weighted by atomic mass is 10.1. The molecule has 132 valence electrons. The van der Waals surface area contributed by atoms with Gasteiger partial charge >= 0.3 is 5.00 Å². The molecule has 1 aromatic heterocycles. The van der Waals surface area contributed by atoms with E-state index in [2.05, 4.69) is 4.98 Å². The van der Waals surface area contributed by atoms with E-state index in [0.717, 1.165) is 16.9 Å². The Hall–Kier alpha value is -1.90.